The fourth-order valence-electron chi connectivity index (χ4n) is 2.54. The average Bonchev–Trinajstić information content (AvgIpc) is 2.54. The van der Waals surface area contributed by atoms with Crippen molar-refractivity contribution in [1.29, 1.82) is 0 Å². The third-order valence-electron chi connectivity index (χ3n) is 3.87. The minimum absolute atomic E-state index is 0.0505. The van der Waals surface area contributed by atoms with Crippen molar-refractivity contribution in [3.05, 3.63) is 35.0 Å². The number of hydrogen-bond acceptors (Lipinski definition) is 5. The second-order valence-corrected chi connectivity index (χ2v) is 5.71. The molecule has 0 saturated carbocycles. The van der Waals surface area contributed by atoms with Gasteiger partial charge in [-0.25, -0.2) is 4.79 Å². The van der Waals surface area contributed by atoms with Crippen LogP contribution in [0.4, 0.5) is 0 Å². The summed E-state index contributed by atoms with van der Waals surface area (Å²) in [7, 11) is 1.79. The van der Waals surface area contributed by atoms with Crippen LogP contribution < -0.4 is 10.1 Å². The Balaban J connectivity index is 2.51. The zero-order valence-electron chi connectivity index (χ0n) is 14.3. The monoisotopic (exact) mass is 350 g/mol. The fraction of sp³-hybridized carbons (Fsp3) is 0.412. The Kier molecular flexibility index (Phi) is 5.66. The molecule has 1 aromatic carbocycles. The van der Waals surface area contributed by atoms with E-state index in [1.165, 1.54) is 0 Å². The molecule has 0 fully saturated rings. The van der Waals surface area contributed by atoms with E-state index in [2.05, 4.69) is 5.32 Å². The number of hydrogen-bond donors (Lipinski definition) is 2. The van der Waals surface area contributed by atoms with Gasteiger partial charge in [-0.15, -0.1) is 0 Å². The molecule has 1 atom stereocenters. The van der Waals surface area contributed by atoms with Crippen LogP contribution >= 0.6 is 12.2 Å². The summed E-state index contributed by atoms with van der Waals surface area (Å²) in [6, 6.07) is 4.52. The molecule has 24 heavy (non-hydrogen) atoms. The van der Waals surface area contributed by atoms with Gasteiger partial charge < -0.3 is 24.8 Å². The number of phenols is 1. The quantitative estimate of drug-likeness (QED) is 0.624. The SMILES string of the molecule is CCOC(=O)C1=C(C)N(C)C(=S)N[C@H]1c1ccc(O)c(OCC)c1. The molecule has 0 aliphatic carbocycles. The number of esters is 1. The maximum Gasteiger partial charge on any atom is 0.338 e. The molecule has 7 heteroatoms. The number of thiocarbonyl (C=S) groups is 1. The highest BCUT2D eigenvalue weighted by molar-refractivity contribution is 7.80. The molecule has 1 aliphatic heterocycles. The van der Waals surface area contributed by atoms with Gasteiger partial charge in [-0.3, -0.25) is 0 Å². The number of aromatic hydroxyl groups is 1. The van der Waals surface area contributed by atoms with Crippen molar-refractivity contribution in [2.45, 2.75) is 26.8 Å². The van der Waals surface area contributed by atoms with E-state index < -0.39 is 12.0 Å². The van der Waals surface area contributed by atoms with Crippen LogP contribution in [0.1, 0.15) is 32.4 Å². The highest BCUT2D eigenvalue weighted by Crippen LogP contribution is 2.35. The molecule has 0 amide bonds. The number of nitrogens with one attached hydrogen (secondary N) is 1. The van der Waals surface area contributed by atoms with E-state index in [9.17, 15) is 9.90 Å². The minimum Gasteiger partial charge on any atom is -0.504 e. The molecular weight excluding hydrogens is 328 g/mol. The lowest BCUT2D eigenvalue weighted by Gasteiger charge is -2.35. The summed E-state index contributed by atoms with van der Waals surface area (Å²) in [5.74, 6) is 0.0184. The normalized spacial score (nSPS) is 17.6. The Bertz CT molecular complexity index is 687. The van der Waals surface area contributed by atoms with Crippen LogP contribution in [0.5, 0.6) is 11.5 Å². The van der Waals surface area contributed by atoms with Crippen LogP contribution in [0.15, 0.2) is 29.5 Å². The van der Waals surface area contributed by atoms with Crippen molar-refractivity contribution >= 4 is 23.3 Å². The first-order chi connectivity index (χ1) is 11.4. The van der Waals surface area contributed by atoms with Gasteiger partial charge in [0.15, 0.2) is 16.6 Å². The third-order valence-corrected chi connectivity index (χ3v) is 4.26. The highest BCUT2D eigenvalue weighted by atomic mass is 32.1. The second-order valence-electron chi connectivity index (χ2n) is 5.32. The molecule has 0 bridgehead atoms. The number of nitrogens with zero attached hydrogens (tertiary/aromatic N) is 1. The summed E-state index contributed by atoms with van der Waals surface area (Å²) in [5, 5.41) is 13.5. The van der Waals surface area contributed by atoms with Crippen molar-refractivity contribution in [3.8, 4) is 11.5 Å². The number of carbonyl (C=O) groups excluding carboxylic acids is 1. The van der Waals surface area contributed by atoms with Gasteiger partial charge in [0.25, 0.3) is 0 Å². The van der Waals surface area contributed by atoms with Crippen LogP contribution in [0.2, 0.25) is 0 Å². The molecule has 0 radical (unpaired) electrons. The van der Waals surface area contributed by atoms with Crippen molar-refractivity contribution in [2.24, 2.45) is 0 Å². The molecule has 1 heterocycles. The summed E-state index contributed by atoms with van der Waals surface area (Å²) in [6.07, 6.45) is 0. The minimum atomic E-state index is -0.465. The molecule has 2 rings (SSSR count). The number of rotatable bonds is 5. The van der Waals surface area contributed by atoms with E-state index in [0.29, 0.717) is 23.0 Å². The second kappa shape index (κ2) is 7.53. The number of carbonyl (C=O) groups is 1. The van der Waals surface area contributed by atoms with Crippen molar-refractivity contribution in [3.63, 3.8) is 0 Å². The molecule has 0 spiro atoms. The first-order valence-electron chi connectivity index (χ1n) is 7.78. The lowest BCUT2D eigenvalue weighted by atomic mass is 9.95. The van der Waals surface area contributed by atoms with Gasteiger partial charge >= 0.3 is 5.97 Å². The third kappa shape index (κ3) is 3.46. The zero-order valence-corrected chi connectivity index (χ0v) is 15.1. The summed E-state index contributed by atoms with van der Waals surface area (Å²) in [4.78, 5) is 14.2. The smallest absolute Gasteiger partial charge is 0.338 e. The average molecular weight is 350 g/mol. The summed E-state index contributed by atoms with van der Waals surface area (Å²) in [5.41, 5.74) is 1.98. The Hall–Kier alpha value is -2.28. The van der Waals surface area contributed by atoms with Crippen LogP contribution in [0.3, 0.4) is 0 Å². The van der Waals surface area contributed by atoms with E-state index in [1.54, 1.807) is 37.1 Å². The molecule has 6 nitrogen and oxygen atoms in total. The zero-order chi connectivity index (χ0) is 17.9. The molecule has 0 aromatic heterocycles. The summed E-state index contributed by atoms with van der Waals surface area (Å²) < 4.78 is 10.6. The summed E-state index contributed by atoms with van der Waals surface area (Å²) in [6.45, 7) is 6.15. The van der Waals surface area contributed by atoms with E-state index in [4.69, 9.17) is 21.7 Å². The first kappa shape index (κ1) is 18.1. The van der Waals surface area contributed by atoms with Gasteiger partial charge in [-0.2, -0.15) is 0 Å². The van der Waals surface area contributed by atoms with Gasteiger partial charge in [-0.1, -0.05) is 6.07 Å². The number of ether oxygens (including phenoxy) is 2. The Labute approximate surface area is 147 Å². The van der Waals surface area contributed by atoms with Gasteiger partial charge in [0.2, 0.25) is 0 Å². The summed E-state index contributed by atoms with van der Waals surface area (Å²) >= 11 is 5.34. The van der Waals surface area contributed by atoms with Crippen LogP contribution in [0.25, 0.3) is 0 Å². The fourth-order valence-corrected chi connectivity index (χ4v) is 2.79. The van der Waals surface area contributed by atoms with Crippen molar-refractivity contribution in [1.82, 2.24) is 10.2 Å². The number of phenolic OH excluding ortho intramolecular Hbond substituents is 1. The van der Waals surface area contributed by atoms with Gasteiger partial charge in [0.1, 0.15) is 0 Å². The van der Waals surface area contributed by atoms with Gasteiger partial charge in [0, 0.05) is 12.7 Å². The molecule has 1 aromatic rings. The lowest BCUT2D eigenvalue weighted by molar-refractivity contribution is -0.139. The van der Waals surface area contributed by atoms with Gasteiger partial charge in [0.05, 0.1) is 24.8 Å². The molecule has 1 aliphatic rings. The molecule has 2 N–H and O–H groups in total. The van der Waals surface area contributed by atoms with Crippen molar-refractivity contribution < 1.29 is 19.4 Å². The van der Waals surface area contributed by atoms with E-state index in [0.717, 1.165) is 11.3 Å². The predicted molar refractivity (Wildman–Crippen MR) is 94.8 cm³/mol. The highest BCUT2D eigenvalue weighted by Gasteiger charge is 2.33. The predicted octanol–water partition coefficient (Wildman–Crippen LogP) is 2.49. The van der Waals surface area contributed by atoms with E-state index in [1.807, 2.05) is 13.8 Å². The number of benzene rings is 1. The van der Waals surface area contributed by atoms with Crippen LogP contribution in [-0.4, -0.2) is 41.3 Å². The maximum atomic E-state index is 12.5. The van der Waals surface area contributed by atoms with E-state index in [-0.39, 0.29) is 12.4 Å². The Morgan fingerprint density at radius 2 is 2.08 bits per heavy atom. The molecule has 0 saturated heterocycles. The van der Waals surface area contributed by atoms with Crippen LogP contribution in [-0.2, 0) is 9.53 Å². The largest absolute Gasteiger partial charge is 0.504 e. The topological polar surface area (TPSA) is 71.0 Å². The molecular formula is C17H22N2O4S. The maximum absolute atomic E-state index is 12.5. The van der Waals surface area contributed by atoms with Crippen LogP contribution in [0, 0.1) is 0 Å². The van der Waals surface area contributed by atoms with E-state index >= 15 is 0 Å². The van der Waals surface area contributed by atoms with Crippen molar-refractivity contribution in [2.75, 3.05) is 20.3 Å². The molecule has 0 unspecified atom stereocenters. The Morgan fingerprint density at radius 3 is 2.71 bits per heavy atom. The Morgan fingerprint density at radius 1 is 1.38 bits per heavy atom. The number of allylic oxidation sites excluding steroid dienone is 1. The van der Waals surface area contributed by atoms with Gasteiger partial charge in [-0.05, 0) is 50.7 Å². The molecule has 130 valence electrons. The lowest BCUT2D eigenvalue weighted by Crippen LogP contribution is -2.46. The standard InChI is InChI=1S/C17H22N2O4S/c1-5-22-13-9-11(7-8-12(13)20)15-14(16(21)23-6-2)10(3)19(4)17(24)18-15/h7-9,15,20H,5-6H2,1-4H3,(H,18,24)/t15-/m0/s1. The first-order valence-corrected chi connectivity index (χ1v) is 8.19.